The number of nitrogens with zero attached hydrogens (tertiary/aromatic N) is 2. The van der Waals surface area contributed by atoms with Crippen LogP contribution in [-0.2, 0) is 0 Å². The Morgan fingerprint density at radius 1 is 1.30 bits per heavy atom. The van der Waals surface area contributed by atoms with Crippen molar-refractivity contribution in [3.63, 3.8) is 0 Å². The van der Waals surface area contributed by atoms with Crippen molar-refractivity contribution in [1.29, 1.82) is 0 Å². The second-order valence-corrected chi connectivity index (χ2v) is 6.39. The summed E-state index contributed by atoms with van der Waals surface area (Å²) in [6, 6.07) is 4.50. The number of hydrogen-bond donors (Lipinski definition) is 2. The highest BCUT2D eigenvalue weighted by molar-refractivity contribution is 7.11. The lowest BCUT2D eigenvalue weighted by Crippen LogP contribution is -2.25. The van der Waals surface area contributed by atoms with Gasteiger partial charge in [0.05, 0.1) is 5.56 Å². The minimum atomic E-state index is 0.541. The van der Waals surface area contributed by atoms with Gasteiger partial charge in [0.25, 0.3) is 0 Å². The first-order valence-electron chi connectivity index (χ1n) is 7.16. The minimum Gasteiger partial charge on any atom is -0.382 e. The van der Waals surface area contributed by atoms with Crippen LogP contribution in [0.5, 0.6) is 0 Å². The van der Waals surface area contributed by atoms with Gasteiger partial charge in [-0.1, -0.05) is 19.8 Å². The summed E-state index contributed by atoms with van der Waals surface area (Å²) >= 11 is 1.46. The first kappa shape index (κ1) is 13.4. The zero-order valence-electron chi connectivity index (χ0n) is 11.7. The number of aromatic nitrogens is 2. The van der Waals surface area contributed by atoms with Crippen LogP contribution < -0.4 is 11.1 Å². The predicted octanol–water partition coefficient (Wildman–Crippen LogP) is 3.78. The maximum Gasteiger partial charge on any atom is 0.147 e. The monoisotopic (exact) mass is 288 g/mol. The summed E-state index contributed by atoms with van der Waals surface area (Å²) in [5.74, 6) is 1.41. The van der Waals surface area contributed by atoms with Gasteiger partial charge < -0.3 is 11.1 Å². The van der Waals surface area contributed by atoms with Crippen LogP contribution in [0.4, 0.5) is 10.8 Å². The van der Waals surface area contributed by atoms with Gasteiger partial charge in [-0.2, -0.15) is 4.37 Å². The van der Waals surface area contributed by atoms with Crippen LogP contribution in [0.3, 0.4) is 0 Å². The van der Waals surface area contributed by atoms with Gasteiger partial charge in [0.1, 0.15) is 10.8 Å². The fraction of sp³-hybridized carbons (Fsp3) is 0.467. The second-order valence-electron chi connectivity index (χ2n) is 5.62. The molecule has 106 valence electrons. The third-order valence-electron chi connectivity index (χ3n) is 3.96. The minimum absolute atomic E-state index is 0.541. The Kier molecular flexibility index (Phi) is 3.87. The second kappa shape index (κ2) is 5.79. The maximum atomic E-state index is 6.04. The molecular weight excluding hydrogens is 268 g/mol. The molecule has 20 heavy (non-hydrogen) atoms. The van der Waals surface area contributed by atoms with Gasteiger partial charge in [0, 0.05) is 18.4 Å². The average molecular weight is 288 g/mol. The standard InChI is InChI=1S/C15H20N4S/c1-10-3-2-4-12(9-10)18-15-13(14(16)19-20-15)11-5-7-17-8-6-11/h5-8,10,12,18H,2-4,9H2,1H3,(H2,16,19). The molecule has 1 fully saturated rings. The molecule has 2 unspecified atom stereocenters. The van der Waals surface area contributed by atoms with E-state index < -0.39 is 0 Å². The molecule has 1 aliphatic rings. The Morgan fingerprint density at radius 2 is 2.10 bits per heavy atom. The van der Waals surface area contributed by atoms with Crippen LogP contribution in [0.2, 0.25) is 0 Å². The number of rotatable bonds is 3. The third kappa shape index (κ3) is 2.77. The Bertz CT molecular complexity index is 567. The van der Waals surface area contributed by atoms with Crippen molar-refractivity contribution in [2.75, 3.05) is 11.1 Å². The van der Waals surface area contributed by atoms with Gasteiger partial charge in [0.15, 0.2) is 0 Å². The van der Waals surface area contributed by atoms with Gasteiger partial charge >= 0.3 is 0 Å². The van der Waals surface area contributed by atoms with Gasteiger partial charge in [-0.15, -0.1) is 0 Å². The molecule has 0 bridgehead atoms. The van der Waals surface area contributed by atoms with Crippen LogP contribution in [-0.4, -0.2) is 15.4 Å². The number of hydrogen-bond acceptors (Lipinski definition) is 5. The topological polar surface area (TPSA) is 63.8 Å². The molecule has 4 nitrogen and oxygen atoms in total. The Morgan fingerprint density at radius 3 is 2.85 bits per heavy atom. The Balaban J connectivity index is 1.84. The van der Waals surface area contributed by atoms with E-state index in [0.29, 0.717) is 11.9 Å². The lowest BCUT2D eigenvalue weighted by molar-refractivity contribution is 0.359. The van der Waals surface area contributed by atoms with Crippen molar-refractivity contribution < 1.29 is 0 Å². The molecule has 0 aliphatic heterocycles. The largest absolute Gasteiger partial charge is 0.382 e. The average Bonchev–Trinajstić information content (AvgIpc) is 2.81. The highest BCUT2D eigenvalue weighted by Gasteiger charge is 2.21. The molecule has 2 aromatic rings. The normalized spacial score (nSPS) is 22.6. The van der Waals surface area contributed by atoms with Gasteiger partial charge in [-0.25, -0.2) is 0 Å². The fourth-order valence-corrected chi connectivity index (χ4v) is 3.76. The van der Waals surface area contributed by atoms with E-state index in [4.69, 9.17) is 5.73 Å². The summed E-state index contributed by atoms with van der Waals surface area (Å²) in [5.41, 5.74) is 8.15. The summed E-state index contributed by atoms with van der Waals surface area (Å²) in [6.45, 7) is 2.33. The highest BCUT2D eigenvalue weighted by atomic mass is 32.1. The zero-order chi connectivity index (χ0) is 13.9. The summed E-state index contributed by atoms with van der Waals surface area (Å²) in [4.78, 5) is 4.06. The van der Waals surface area contributed by atoms with Crippen LogP contribution >= 0.6 is 11.5 Å². The number of pyridine rings is 1. The molecule has 0 radical (unpaired) electrons. The molecule has 2 atom stereocenters. The first-order valence-corrected chi connectivity index (χ1v) is 7.93. The van der Waals surface area contributed by atoms with E-state index >= 15 is 0 Å². The maximum absolute atomic E-state index is 6.04. The number of anilines is 2. The van der Waals surface area contributed by atoms with E-state index in [1.165, 1.54) is 37.2 Å². The molecule has 0 spiro atoms. The van der Waals surface area contributed by atoms with E-state index in [0.717, 1.165) is 22.0 Å². The lowest BCUT2D eigenvalue weighted by Gasteiger charge is -2.28. The van der Waals surface area contributed by atoms with Gasteiger partial charge in [0.2, 0.25) is 0 Å². The van der Waals surface area contributed by atoms with Crippen molar-refractivity contribution in [3.05, 3.63) is 24.5 Å². The summed E-state index contributed by atoms with van der Waals surface area (Å²) in [6.07, 6.45) is 8.70. The molecule has 2 aromatic heterocycles. The molecular formula is C15H20N4S. The van der Waals surface area contributed by atoms with E-state index in [1.807, 2.05) is 12.1 Å². The van der Waals surface area contributed by atoms with Crippen molar-refractivity contribution in [3.8, 4) is 11.1 Å². The molecule has 5 heteroatoms. The molecule has 1 aliphatic carbocycles. The number of nitrogens with one attached hydrogen (secondary N) is 1. The van der Waals surface area contributed by atoms with E-state index in [-0.39, 0.29) is 0 Å². The molecule has 1 saturated carbocycles. The smallest absolute Gasteiger partial charge is 0.147 e. The van der Waals surface area contributed by atoms with E-state index in [2.05, 4.69) is 21.6 Å². The fourth-order valence-electron chi connectivity index (χ4n) is 2.95. The Hall–Kier alpha value is -1.62. The Labute approximate surface area is 123 Å². The molecule has 0 saturated heterocycles. The van der Waals surface area contributed by atoms with E-state index in [9.17, 15) is 0 Å². The van der Waals surface area contributed by atoms with Crippen molar-refractivity contribution >= 4 is 22.4 Å². The number of nitrogens with two attached hydrogens (primary N) is 1. The summed E-state index contributed by atoms with van der Waals surface area (Å²) in [5, 5.41) is 4.75. The van der Waals surface area contributed by atoms with Crippen molar-refractivity contribution in [2.45, 2.75) is 38.6 Å². The SMILES string of the molecule is CC1CCCC(Nc2snc(N)c2-c2ccncc2)C1. The highest BCUT2D eigenvalue weighted by Crippen LogP contribution is 2.38. The van der Waals surface area contributed by atoms with Crippen LogP contribution in [0.25, 0.3) is 11.1 Å². The van der Waals surface area contributed by atoms with Gasteiger partial charge in [-0.3, -0.25) is 4.98 Å². The van der Waals surface area contributed by atoms with Gasteiger partial charge in [-0.05, 0) is 48.0 Å². The molecule has 0 amide bonds. The lowest BCUT2D eigenvalue weighted by atomic mass is 9.87. The van der Waals surface area contributed by atoms with Crippen LogP contribution in [0, 0.1) is 5.92 Å². The zero-order valence-corrected chi connectivity index (χ0v) is 12.5. The van der Waals surface area contributed by atoms with E-state index in [1.54, 1.807) is 12.4 Å². The van der Waals surface area contributed by atoms with Crippen molar-refractivity contribution in [1.82, 2.24) is 9.36 Å². The quantitative estimate of drug-likeness (QED) is 0.902. The molecule has 0 aromatic carbocycles. The number of nitrogen functional groups attached to an aromatic ring is 1. The van der Waals surface area contributed by atoms with Crippen molar-refractivity contribution in [2.24, 2.45) is 5.92 Å². The third-order valence-corrected chi connectivity index (χ3v) is 4.75. The van der Waals surface area contributed by atoms with Crippen LogP contribution in [0.15, 0.2) is 24.5 Å². The molecule has 3 rings (SSSR count). The molecule has 3 N–H and O–H groups in total. The molecule has 2 heterocycles. The summed E-state index contributed by atoms with van der Waals surface area (Å²) in [7, 11) is 0. The summed E-state index contributed by atoms with van der Waals surface area (Å²) < 4.78 is 4.31. The first-order chi connectivity index (χ1) is 9.74. The van der Waals surface area contributed by atoms with Crippen LogP contribution in [0.1, 0.15) is 32.6 Å². The predicted molar refractivity (Wildman–Crippen MR) is 84.8 cm³/mol.